The number of nitrogens with two attached hydrogens (primary N) is 1. The minimum atomic E-state index is -0.0405. The second kappa shape index (κ2) is 6.54. The molecule has 0 spiro atoms. The highest BCUT2D eigenvalue weighted by Crippen LogP contribution is 2.28. The zero-order valence-corrected chi connectivity index (χ0v) is 12.1. The lowest BCUT2D eigenvalue weighted by molar-refractivity contribution is 0.0933. The minimum Gasteiger partial charge on any atom is -0.348 e. The fourth-order valence-electron chi connectivity index (χ4n) is 2.20. The molecule has 2 rings (SSSR count). The molecule has 1 heterocycles. The smallest absolute Gasteiger partial charge is 0.270 e. The van der Waals surface area contributed by atoms with Gasteiger partial charge in [0.1, 0.15) is 5.69 Å². The van der Waals surface area contributed by atoms with E-state index < -0.39 is 0 Å². The summed E-state index contributed by atoms with van der Waals surface area (Å²) >= 11 is 3.40. The first-order chi connectivity index (χ1) is 8.72. The molecule has 0 bridgehead atoms. The third-order valence-electron chi connectivity index (χ3n) is 3.20. The van der Waals surface area contributed by atoms with Crippen LogP contribution in [-0.2, 0) is 6.42 Å². The van der Waals surface area contributed by atoms with Crippen LogP contribution in [0.15, 0.2) is 5.38 Å². The molecule has 6 heteroatoms. The van der Waals surface area contributed by atoms with Gasteiger partial charge in [-0.3, -0.25) is 4.79 Å². The highest BCUT2D eigenvalue weighted by atomic mass is 32.2. The molecule has 1 fully saturated rings. The van der Waals surface area contributed by atoms with Crippen LogP contribution in [0.25, 0.3) is 0 Å². The first-order valence-corrected chi connectivity index (χ1v) is 8.37. The molecule has 1 aliphatic carbocycles. The summed E-state index contributed by atoms with van der Waals surface area (Å²) in [6, 6.07) is 0.314. The number of carbonyl (C=O) groups excluding carboxylic acids is 1. The summed E-state index contributed by atoms with van der Waals surface area (Å²) in [5.41, 5.74) is 6.01. The van der Waals surface area contributed by atoms with Crippen LogP contribution in [0.2, 0.25) is 0 Å². The molecule has 0 aliphatic heterocycles. The van der Waals surface area contributed by atoms with Crippen LogP contribution in [0.4, 0.5) is 0 Å². The quantitative estimate of drug-likeness (QED) is 0.863. The van der Waals surface area contributed by atoms with Gasteiger partial charge in [-0.25, -0.2) is 4.98 Å². The van der Waals surface area contributed by atoms with Crippen molar-refractivity contribution in [2.75, 3.05) is 12.8 Å². The van der Waals surface area contributed by atoms with Crippen molar-refractivity contribution in [1.82, 2.24) is 10.3 Å². The van der Waals surface area contributed by atoms with Crippen LogP contribution < -0.4 is 11.1 Å². The van der Waals surface area contributed by atoms with E-state index in [0.717, 1.165) is 24.3 Å². The molecule has 1 aromatic heterocycles. The van der Waals surface area contributed by atoms with Crippen molar-refractivity contribution in [3.8, 4) is 0 Å². The molecule has 1 aromatic rings. The fourth-order valence-corrected chi connectivity index (χ4v) is 3.79. The van der Waals surface area contributed by atoms with Gasteiger partial charge in [0, 0.05) is 23.1 Å². The second-order valence-corrected chi connectivity index (χ2v) is 6.59. The Bertz CT molecular complexity index is 408. The molecule has 1 amide bonds. The third kappa shape index (κ3) is 3.46. The van der Waals surface area contributed by atoms with E-state index >= 15 is 0 Å². The normalized spacial score (nSPS) is 23.2. The number of nitrogens with one attached hydrogen (secondary N) is 1. The minimum absolute atomic E-state index is 0.0405. The van der Waals surface area contributed by atoms with Gasteiger partial charge in [0.2, 0.25) is 0 Å². The summed E-state index contributed by atoms with van der Waals surface area (Å²) < 4.78 is 0. The highest BCUT2D eigenvalue weighted by Gasteiger charge is 2.25. The number of aromatic nitrogens is 1. The zero-order chi connectivity index (χ0) is 13.0. The predicted molar refractivity (Wildman–Crippen MR) is 77.3 cm³/mol. The molecule has 18 heavy (non-hydrogen) atoms. The monoisotopic (exact) mass is 285 g/mol. The Labute approximate surface area is 116 Å². The lowest BCUT2D eigenvalue weighted by Crippen LogP contribution is -2.33. The lowest BCUT2D eigenvalue weighted by Gasteiger charge is -2.11. The van der Waals surface area contributed by atoms with Gasteiger partial charge < -0.3 is 11.1 Å². The van der Waals surface area contributed by atoms with Gasteiger partial charge in [-0.1, -0.05) is 0 Å². The number of hydrogen-bond donors (Lipinski definition) is 2. The molecule has 100 valence electrons. The van der Waals surface area contributed by atoms with E-state index in [1.165, 1.54) is 17.8 Å². The van der Waals surface area contributed by atoms with Crippen molar-refractivity contribution < 1.29 is 4.79 Å². The fraction of sp³-hybridized carbons (Fsp3) is 0.667. The predicted octanol–water partition coefficient (Wildman–Crippen LogP) is 1.66. The van der Waals surface area contributed by atoms with E-state index in [4.69, 9.17) is 5.73 Å². The molecule has 0 radical (unpaired) electrons. The summed E-state index contributed by atoms with van der Waals surface area (Å²) in [6.45, 7) is 0.576. The molecule has 2 unspecified atom stereocenters. The van der Waals surface area contributed by atoms with Gasteiger partial charge >= 0.3 is 0 Å². The van der Waals surface area contributed by atoms with Crippen molar-refractivity contribution in [3.05, 3.63) is 16.1 Å². The van der Waals surface area contributed by atoms with Crippen LogP contribution in [0.3, 0.4) is 0 Å². The summed E-state index contributed by atoms with van der Waals surface area (Å²) in [6.07, 6.45) is 6.23. The van der Waals surface area contributed by atoms with Gasteiger partial charge in [-0.15, -0.1) is 11.3 Å². The van der Waals surface area contributed by atoms with E-state index in [1.54, 1.807) is 0 Å². The third-order valence-corrected chi connectivity index (χ3v) is 5.20. The van der Waals surface area contributed by atoms with Gasteiger partial charge in [-0.2, -0.15) is 11.8 Å². The van der Waals surface area contributed by atoms with Crippen LogP contribution in [-0.4, -0.2) is 35.0 Å². The van der Waals surface area contributed by atoms with Gasteiger partial charge in [0.25, 0.3) is 5.91 Å². The first kappa shape index (κ1) is 13.8. The maximum absolute atomic E-state index is 12.0. The number of thioether (sulfide) groups is 1. The van der Waals surface area contributed by atoms with E-state index in [2.05, 4.69) is 16.6 Å². The Hall–Kier alpha value is -0.590. The van der Waals surface area contributed by atoms with Gasteiger partial charge in [0.05, 0.1) is 5.01 Å². The summed E-state index contributed by atoms with van der Waals surface area (Å²) in [7, 11) is 0. The topological polar surface area (TPSA) is 68.0 Å². The van der Waals surface area contributed by atoms with Crippen molar-refractivity contribution in [1.29, 1.82) is 0 Å². The SMILES string of the molecule is CSC1CCC(NC(=O)c2csc(CCN)n2)C1. The number of rotatable bonds is 5. The molecule has 3 N–H and O–H groups in total. The molecular formula is C12H19N3OS2. The van der Waals surface area contributed by atoms with Crippen LogP contribution in [0, 0.1) is 0 Å². The largest absolute Gasteiger partial charge is 0.348 e. The lowest BCUT2D eigenvalue weighted by atomic mass is 10.2. The van der Waals surface area contributed by atoms with Gasteiger partial charge in [-0.05, 0) is 32.1 Å². The standard InChI is InChI=1S/C12H19N3OS2/c1-17-9-3-2-8(6-9)14-12(16)10-7-18-11(15-10)4-5-13/h7-9H,2-6,13H2,1H3,(H,14,16). The Kier molecular flexibility index (Phi) is 5.03. The van der Waals surface area contributed by atoms with E-state index in [-0.39, 0.29) is 5.91 Å². The molecule has 4 nitrogen and oxygen atoms in total. The van der Waals surface area contributed by atoms with E-state index in [0.29, 0.717) is 23.5 Å². The maximum Gasteiger partial charge on any atom is 0.270 e. The van der Waals surface area contributed by atoms with Crippen LogP contribution in [0.1, 0.15) is 34.8 Å². The van der Waals surface area contributed by atoms with Crippen LogP contribution >= 0.6 is 23.1 Å². The zero-order valence-electron chi connectivity index (χ0n) is 10.5. The van der Waals surface area contributed by atoms with Gasteiger partial charge in [0.15, 0.2) is 0 Å². The number of carbonyl (C=O) groups is 1. The Morgan fingerprint density at radius 3 is 3.17 bits per heavy atom. The molecule has 0 saturated heterocycles. The average molecular weight is 285 g/mol. The second-order valence-electron chi connectivity index (χ2n) is 4.51. The average Bonchev–Trinajstić information content (AvgIpc) is 2.98. The Morgan fingerprint density at radius 2 is 2.50 bits per heavy atom. The van der Waals surface area contributed by atoms with Crippen molar-refractivity contribution in [2.24, 2.45) is 5.73 Å². The molecular weight excluding hydrogens is 266 g/mol. The maximum atomic E-state index is 12.0. The number of amides is 1. The van der Waals surface area contributed by atoms with E-state index in [9.17, 15) is 4.79 Å². The van der Waals surface area contributed by atoms with Crippen molar-refractivity contribution >= 4 is 29.0 Å². The summed E-state index contributed by atoms with van der Waals surface area (Å²) in [4.78, 5) is 16.3. The number of nitrogens with zero attached hydrogens (tertiary/aromatic N) is 1. The van der Waals surface area contributed by atoms with Crippen LogP contribution in [0.5, 0.6) is 0 Å². The Balaban J connectivity index is 1.87. The number of hydrogen-bond acceptors (Lipinski definition) is 5. The molecule has 2 atom stereocenters. The number of thiazole rings is 1. The molecule has 1 aliphatic rings. The summed E-state index contributed by atoms with van der Waals surface area (Å²) in [5.74, 6) is -0.0405. The summed E-state index contributed by atoms with van der Waals surface area (Å²) in [5, 5.41) is 6.53. The van der Waals surface area contributed by atoms with Crippen molar-refractivity contribution in [3.63, 3.8) is 0 Å². The Morgan fingerprint density at radius 1 is 1.67 bits per heavy atom. The van der Waals surface area contributed by atoms with E-state index in [1.807, 2.05) is 17.1 Å². The first-order valence-electron chi connectivity index (χ1n) is 6.21. The van der Waals surface area contributed by atoms with Crippen molar-refractivity contribution in [2.45, 2.75) is 37.0 Å². The molecule has 0 aromatic carbocycles. The molecule has 1 saturated carbocycles. The highest BCUT2D eigenvalue weighted by molar-refractivity contribution is 7.99.